The van der Waals surface area contributed by atoms with E-state index < -0.39 is 9.84 Å². The molecule has 2 saturated heterocycles. The average Bonchev–Trinajstić information content (AvgIpc) is 2.91. The molecule has 2 atom stereocenters. The van der Waals surface area contributed by atoms with Gasteiger partial charge in [0.25, 0.3) is 0 Å². The van der Waals surface area contributed by atoms with E-state index in [1.165, 1.54) is 11.8 Å². The lowest BCUT2D eigenvalue weighted by Gasteiger charge is -2.26. The minimum Gasteiger partial charge on any atom is -0.315 e. The number of rotatable bonds is 3. The van der Waals surface area contributed by atoms with Crippen LogP contribution in [0.3, 0.4) is 0 Å². The molecule has 2 aliphatic rings. The average molecular weight is 367 g/mol. The summed E-state index contributed by atoms with van der Waals surface area (Å²) in [5.74, 6) is 0.140. The predicted molar refractivity (Wildman–Crippen MR) is 99.6 cm³/mol. The number of amides is 1. The van der Waals surface area contributed by atoms with Gasteiger partial charge in [0, 0.05) is 17.4 Å². The van der Waals surface area contributed by atoms with Crippen molar-refractivity contribution in [3.05, 3.63) is 29.3 Å². The lowest BCUT2D eigenvalue weighted by molar-refractivity contribution is -0.117. The van der Waals surface area contributed by atoms with Gasteiger partial charge in [-0.15, -0.1) is 0 Å². The third-order valence-corrected chi connectivity index (χ3v) is 7.57. The van der Waals surface area contributed by atoms with Crippen LogP contribution in [0.5, 0.6) is 0 Å². The van der Waals surface area contributed by atoms with Crippen molar-refractivity contribution in [1.29, 1.82) is 0 Å². The summed E-state index contributed by atoms with van der Waals surface area (Å²) in [5, 5.41) is 0.592. The van der Waals surface area contributed by atoms with Crippen LogP contribution in [0.4, 0.5) is 5.69 Å². The molecule has 7 heteroatoms. The zero-order valence-electron chi connectivity index (χ0n) is 14.2. The van der Waals surface area contributed by atoms with E-state index in [4.69, 9.17) is 0 Å². The summed E-state index contributed by atoms with van der Waals surface area (Å²) in [5.41, 5.74) is 3.16. The molecule has 130 valence electrons. The van der Waals surface area contributed by atoms with Crippen molar-refractivity contribution in [3.8, 4) is 0 Å². The van der Waals surface area contributed by atoms with E-state index >= 15 is 0 Å². The maximum Gasteiger partial charge on any atom is 0.248 e. The first-order chi connectivity index (χ1) is 11.3. The van der Waals surface area contributed by atoms with Crippen LogP contribution >= 0.6 is 11.8 Å². The summed E-state index contributed by atoms with van der Waals surface area (Å²) in [6.07, 6.45) is 1.17. The molecule has 2 fully saturated rings. The monoisotopic (exact) mass is 366 g/mol. The molecule has 3 rings (SSSR count). The van der Waals surface area contributed by atoms with Gasteiger partial charge in [-0.3, -0.25) is 4.79 Å². The molecule has 1 aromatic carbocycles. The van der Waals surface area contributed by atoms with Crippen LogP contribution in [0.15, 0.2) is 23.2 Å². The molecule has 0 saturated carbocycles. The van der Waals surface area contributed by atoms with Crippen LogP contribution in [0.25, 0.3) is 0 Å². The highest BCUT2D eigenvalue weighted by atomic mass is 32.2. The quantitative estimate of drug-likeness (QED) is 0.823. The molecule has 0 spiro atoms. The van der Waals surface area contributed by atoms with Crippen molar-refractivity contribution in [1.82, 2.24) is 0 Å². The SMILES string of the molecule is CCCC(=O)N=C1SC2CS(=O)(=O)CC2N1c1ccc(C)cc1C. The summed E-state index contributed by atoms with van der Waals surface area (Å²) in [6.45, 7) is 5.98. The normalized spacial score (nSPS) is 26.8. The smallest absolute Gasteiger partial charge is 0.248 e. The van der Waals surface area contributed by atoms with Gasteiger partial charge in [0.05, 0.1) is 17.5 Å². The highest BCUT2D eigenvalue weighted by Crippen LogP contribution is 2.42. The number of benzene rings is 1. The largest absolute Gasteiger partial charge is 0.315 e. The third-order valence-electron chi connectivity index (χ3n) is 4.36. The van der Waals surface area contributed by atoms with Crippen molar-refractivity contribution in [2.24, 2.45) is 4.99 Å². The fraction of sp³-hybridized carbons (Fsp3) is 0.529. The minimum atomic E-state index is -3.03. The van der Waals surface area contributed by atoms with E-state index in [0.29, 0.717) is 11.6 Å². The molecule has 2 aliphatic heterocycles. The zero-order chi connectivity index (χ0) is 17.5. The number of sulfone groups is 1. The second kappa shape index (κ2) is 6.52. The molecule has 1 amide bonds. The first-order valence-corrected chi connectivity index (χ1v) is 10.9. The van der Waals surface area contributed by atoms with Crippen LogP contribution in [0.1, 0.15) is 30.9 Å². The number of hydrogen-bond donors (Lipinski definition) is 0. The van der Waals surface area contributed by atoms with Gasteiger partial charge in [0.1, 0.15) is 0 Å². The van der Waals surface area contributed by atoms with Gasteiger partial charge in [0.2, 0.25) is 5.91 Å². The molecule has 2 heterocycles. The Kier molecular flexibility index (Phi) is 4.75. The molecule has 24 heavy (non-hydrogen) atoms. The van der Waals surface area contributed by atoms with Crippen LogP contribution < -0.4 is 4.90 Å². The minimum absolute atomic E-state index is 0.0520. The fourth-order valence-electron chi connectivity index (χ4n) is 3.30. The second-order valence-electron chi connectivity index (χ2n) is 6.50. The standard InChI is InChI=1S/C17H22N2O3S2/c1-4-5-16(20)18-17-19(13-7-6-11(2)8-12(13)3)14-9-24(21,22)10-15(14)23-17/h6-8,14-15H,4-5,9-10H2,1-3H3. The van der Waals surface area contributed by atoms with Gasteiger partial charge < -0.3 is 4.90 Å². The van der Waals surface area contributed by atoms with Crippen LogP contribution in [-0.2, 0) is 14.6 Å². The van der Waals surface area contributed by atoms with Crippen molar-refractivity contribution >= 4 is 38.4 Å². The maximum atomic E-state index is 12.0. The Morgan fingerprint density at radius 2 is 2.08 bits per heavy atom. The molecule has 0 aromatic heterocycles. The summed E-state index contributed by atoms with van der Waals surface area (Å²) in [6, 6.07) is 5.94. The Balaban J connectivity index is 2.03. The fourth-order valence-corrected chi connectivity index (χ4v) is 7.22. The number of nitrogens with zero attached hydrogens (tertiary/aromatic N) is 2. The van der Waals surface area contributed by atoms with Crippen molar-refractivity contribution in [2.45, 2.75) is 44.9 Å². The number of fused-ring (bicyclic) bond motifs is 1. The van der Waals surface area contributed by atoms with Crippen molar-refractivity contribution in [3.63, 3.8) is 0 Å². The van der Waals surface area contributed by atoms with Gasteiger partial charge >= 0.3 is 0 Å². The topological polar surface area (TPSA) is 66.8 Å². The van der Waals surface area contributed by atoms with E-state index in [1.807, 2.05) is 37.8 Å². The molecule has 0 radical (unpaired) electrons. The number of thioether (sulfide) groups is 1. The molecule has 0 aliphatic carbocycles. The van der Waals surface area contributed by atoms with E-state index in [0.717, 1.165) is 23.2 Å². The van der Waals surface area contributed by atoms with Crippen molar-refractivity contribution in [2.75, 3.05) is 16.4 Å². The third kappa shape index (κ3) is 3.37. The first-order valence-electron chi connectivity index (χ1n) is 8.16. The summed E-state index contributed by atoms with van der Waals surface area (Å²) in [7, 11) is -3.03. The lowest BCUT2D eigenvalue weighted by Crippen LogP contribution is -2.38. The number of carbonyl (C=O) groups is 1. The first kappa shape index (κ1) is 17.5. The Bertz CT molecular complexity index is 802. The van der Waals surface area contributed by atoms with Gasteiger partial charge in [-0.05, 0) is 31.9 Å². The van der Waals surface area contributed by atoms with E-state index in [9.17, 15) is 13.2 Å². The van der Waals surface area contributed by atoms with Gasteiger partial charge in [-0.2, -0.15) is 4.99 Å². The van der Waals surface area contributed by atoms with Crippen LogP contribution in [0, 0.1) is 13.8 Å². The van der Waals surface area contributed by atoms with Crippen LogP contribution in [0.2, 0.25) is 0 Å². The highest BCUT2D eigenvalue weighted by molar-refractivity contribution is 8.16. The van der Waals surface area contributed by atoms with Gasteiger partial charge in [-0.1, -0.05) is 36.4 Å². The molecule has 1 aromatic rings. The molecule has 0 N–H and O–H groups in total. The number of aliphatic imine (C=N–C) groups is 1. The molecular formula is C17H22N2O3S2. The Hall–Kier alpha value is -1.34. The van der Waals surface area contributed by atoms with E-state index in [-0.39, 0.29) is 28.7 Å². The van der Waals surface area contributed by atoms with Crippen LogP contribution in [-0.4, -0.2) is 42.3 Å². The number of anilines is 1. The van der Waals surface area contributed by atoms with E-state index in [1.54, 1.807) is 0 Å². The number of amidine groups is 1. The molecule has 5 nitrogen and oxygen atoms in total. The Morgan fingerprint density at radius 3 is 2.75 bits per heavy atom. The molecular weight excluding hydrogens is 344 g/mol. The number of carbonyl (C=O) groups excluding carboxylic acids is 1. The number of aryl methyl sites for hydroxylation is 2. The van der Waals surface area contributed by atoms with Gasteiger partial charge in [0.15, 0.2) is 15.0 Å². The summed E-state index contributed by atoms with van der Waals surface area (Å²) < 4.78 is 24.1. The summed E-state index contributed by atoms with van der Waals surface area (Å²) >= 11 is 1.43. The Labute approximate surface area is 147 Å². The molecule has 0 bridgehead atoms. The van der Waals surface area contributed by atoms with Gasteiger partial charge in [-0.25, -0.2) is 8.42 Å². The second-order valence-corrected chi connectivity index (χ2v) is 9.86. The van der Waals surface area contributed by atoms with E-state index in [2.05, 4.69) is 11.1 Å². The highest BCUT2D eigenvalue weighted by Gasteiger charge is 2.49. The number of hydrogen-bond acceptors (Lipinski definition) is 4. The zero-order valence-corrected chi connectivity index (χ0v) is 15.8. The summed E-state index contributed by atoms with van der Waals surface area (Å²) in [4.78, 5) is 18.3. The molecule has 2 unspecified atom stereocenters. The predicted octanol–water partition coefficient (Wildman–Crippen LogP) is 2.70. The maximum absolute atomic E-state index is 12.0. The Morgan fingerprint density at radius 1 is 1.33 bits per heavy atom. The van der Waals surface area contributed by atoms with Crippen molar-refractivity contribution < 1.29 is 13.2 Å². The lowest BCUT2D eigenvalue weighted by atomic mass is 10.1.